The predicted octanol–water partition coefficient (Wildman–Crippen LogP) is 1.98. The maximum Gasteiger partial charge on any atom is 0.147 e. The van der Waals surface area contributed by atoms with Gasteiger partial charge in [0.2, 0.25) is 0 Å². The van der Waals surface area contributed by atoms with Crippen molar-refractivity contribution in [3.05, 3.63) is 18.1 Å². The molecule has 1 fully saturated rings. The zero-order valence-corrected chi connectivity index (χ0v) is 12.0. The van der Waals surface area contributed by atoms with Gasteiger partial charge in [-0.15, -0.1) is 0 Å². The lowest BCUT2D eigenvalue weighted by molar-refractivity contribution is 0.263. The number of nitrogens with zero attached hydrogens (tertiary/aromatic N) is 3. The Bertz CT molecular complexity index is 435. The number of anilines is 1. The van der Waals surface area contributed by atoms with E-state index in [4.69, 9.17) is 18.0 Å². The standard InChI is InChI=1S/C13H20N4S/c1-13(2,3)9-4-5-17(8-9)11-7-15-10(6-16-11)12(14)18/h6-7,9H,4-5,8H2,1-3H3,(H2,14,18). The van der Waals surface area contributed by atoms with Crippen molar-refractivity contribution in [3.63, 3.8) is 0 Å². The van der Waals surface area contributed by atoms with Crippen LogP contribution < -0.4 is 10.6 Å². The molecule has 2 heterocycles. The molecule has 1 aromatic rings. The molecule has 98 valence electrons. The average molecular weight is 264 g/mol. The number of aromatic nitrogens is 2. The SMILES string of the molecule is CC(C)(C)C1CCN(c2cnc(C(N)=S)cn2)C1. The Labute approximate surface area is 114 Å². The van der Waals surface area contributed by atoms with Crippen LogP contribution >= 0.6 is 12.2 Å². The highest BCUT2D eigenvalue weighted by Crippen LogP contribution is 2.34. The molecule has 0 aromatic carbocycles. The van der Waals surface area contributed by atoms with Crippen LogP contribution in [0.5, 0.6) is 0 Å². The van der Waals surface area contributed by atoms with Gasteiger partial charge in [-0.05, 0) is 17.8 Å². The highest BCUT2D eigenvalue weighted by molar-refractivity contribution is 7.80. The Morgan fingerprint density at radius 2 is 2.11 bits per heavy atom. The van der Waals surface area contributed by atoms with E-state index < -0.39 is 0 Å². The fourth-order valence-corrected chi connectivity index (χ4v) is 2.39. The molecule has 1 aliphatic heterocycles. The summed E-state index contributed by atoms with van der Waals surface area (Å²) in [6.45, 7) is 8.97. The third-order valence-corrected chi connectivity index (χ3v) is 3.84. The lowest BCUT2D eigenvalue weighted by Gasteiger charge is -2.27. The van der Waals surface area contributed by atoms with Crippen molar-refractivity contribution < 1.29 is 0 Å². The molecule has 5 heteroatoms. The van der Waals surface area contributed by atoms with Crippen molar-refractivity contribution in [2.75, 3.05) is 18.0 Å². The Balaban J connectivity index is 2.08. The van der Waals surface area contributed by atoms with Crippen molar-refractivity contribution in [3.8, 4) is 0 Å². The second kappa shape index (κ2) is 4.80. The van der Waals surface area contributed by atoms with Crippen LogP contribution in [0.15, 0.2) is 12.4 Å². The summed E-state index contributed by atoms with van der Waals surface area (Å²) < 4.78 is 0. The first kappa shape index (κ1) is 13.2. The van der Waals surface area contributed by atoms with E-state index in [2.05, 4.69) is 35.6 Å². The summed E-state index contributed by atoms with van der Waals surface area (Å²) in [7, 11) is 0. The van der Waals surface area contributed by atoms with Crippen molar-refractivity contribution in [1.82, 2.24) is 9.97 Å². The van der Waals surface area contributed by atoms with Crippen LogP contribution in [0.3, 0.4) is 0 Å². The molecule has 1 aliphatic rings. The molecule has 0 saturated carbocycles. The molecule has 0 bridgehead atoms. The van der Waals surface area contributed by atoms with Gasteiger partial charge in [0.05, 0.1) is 12.4 Å². The number of hydrogen-bond donors (Lipinski definition) is 1. The van der Waals surface area contributed by atoms with E-state index in [-0.39, 0.29) is 0 Å². The minimum absolute atomic E-state index is 0.294. The summed E-state index contributed by atoms with van der Waals surface area (Å²) in [5.41, 5.74) is 6.44. The number of rotatable bonds is 2. The molecule has 0 aliphatic carbocycles. The van der Waals surface area contributed by atoms with Gasteiger partial charge in [0.1, 0.15) is 16.5 Å². The number of thiocarbonyl (C=S) groups is 1. The van der Waals surface area contributed by atoms with Crippen molar-refractivity contribution >= 4 is 23.0 Å². The highest BCUT2D eigenvalue weighted by Gasteiger charge is 2.32. The zero-order valence-electron chi connectivity index (χ0n) is 11.2. The topological polar surface area (TPSA) is 55.0 Å². The van der Waals surface area contributed by atoms with Crippen LogP contribution in [0, 0.1) is 11.3 Å². The van der Waals surface area contributed by atoms with E-state index in [1.807, 2.05) is 0 Å². The monoisotopic (exact) mass is 264 g/mol. The molecule has 0 radical (unpaired) electrons. The predicted molar refractivity (Wildman–Crippen MR) is 77.7 cm³/mol. The Morgan fingerprint density at radius 3 is 2.56 bits per heavy atom. The molecule has 1 saturated heterocycles. The average Bonchev–Trinajstić information content (AvgIpc) is 2.78. The van der Waals surface area contributed by atoms with E-state index in [1.165, 1.54) is 6.42 Å². The molecule has 1 unspecified atom stereocenters. The van der Waals surface area contributed by atoms with Crippen LogP contribution in [0.2, 0.25) is 0 Å². The fourth-order valence-electron chi connectivity index (χ4n) is 2.29. The van der Waals surface area contributed by atoms with E-state index >= 15 is 0 Å². The van der Waals surface area contributed by atoms with Crippen LogP contribution in [-0.4, -0.2) is 28.0 Å². The second-order valence-electron chi connectivity index (χ2n) is 5.92. The molecule has 1 atom stereocenters. The third kappa shape index (κ3) is 2.77. The summed E-state index contributed by atoms with van der Waals surface area (Å²) in [4.78, 5) is 11.2. The first-order chi connectivity index (χ1) is 8.38. The van der Waals surface area contributed by atoms with Crippen LogP contribution in [0.1, 0.15) is 32.9 Å². The third-order valence-electron chi connectivity index (χ3n) is 3.63. The molecule has 2 N–H and O–H groups in total. The van der Waals surface area contributed by atoms with Gasteiger partial charge in [0, 0.05) is 13.1 Å². The highest BCUT2D eigenvalue weighted by atomic mass is 32.1. The Morgan fingerprint density at radius 1 is 1.39 bits per heavy atom. The number of hydrogen-bond acceptors (Lipinski definition) is 4. The Hall–Kier alpha value is -1.23. The molecule has 1 aromatic heterocycles. The van der Waals surface area contributed by atoms with E-state index in [0.29, 0.717) is 22.0 Å². The molecule has 2 rings (SSSR count). The van der Waals surface area contributed by atoms with Gasteiger partial charge in [0.25, 0.3) is 0 Å². The lowest BCUT2D eigenvalue weighted by Crippen LogP contribution is -2.26. The summed E-state index contributed by atoms with van der Waals surface area (Å²) in [5.74, 6) is 1.62. The maximum absolute atomic E-state index is 5.51. The van der Waals surface area contributed by atoms with E-state index in [1.54, 1.807) is 12.4 Å². The van der Waals surface area contributed by atoms with Crippen molar-refractivity contribution in [2.45, 2.75) is 27.2 Å². The largest absolute Gasteiger partial charge is 0.388 e. The van der Waals surface area contributed by atoms with E-state index in [9.17, 15) is 0 Å². The van der Waals surface area contributed by atoms with Gasteiger partial charge in [-0.25, -0.2) is 9.97 Å². The summed E-state index contributed by atoms with van der Waals surface area (Å²) in [5, 5.41) is 0. The van der Waals surface area contributed by atoms with Crippen molar-refractivity contribution in [2.24, 2.45) is 17.1 Å². The molecular weight excluding hydrogens is 244 g/mol. The minimum atomic E-state index is 0.294. The fraction of sp³-hybridized carbons (Fsp3) is 0.615. The van der Waals surface area contributed by atoms with Gasteiger partial charge >= 0.3 is 0 Å². The summed E-state index contributed by atoms with van der Waals surface area (Å²) in [6, 6.07) is 0. The van der Waals surface area contributed by atoms with Crippen LogP contribution in [0.25, 0.3) is 0 Å². The Kier molecular flexibility index (Phi) is 3.52. The van der Waals surface area contributed by atoms with Crippen molar-refractivity contribution in [1.29, 1.82) is 0 Å². The van der Waals surface area contributed by atoms with Gasteiger partial charge in [-0.1, -0.05) is 33.0 Å². The van der Waals surface area contributed by atoms with Crippen LogP contribution in [0.4, 0.5) is 5.82 Å². The lowest BCUT2D eigenvalue weighted by atomic mass is 9.80. The normalized spacial score (nSPS) is 20.2. The molecule has 4 nitrogen and oxygen atoms in total. The van der Waals surface area contributed by atoms with Gasteiger partial charge in [-0.3, -0.25) is 0 Å². The smallest absolute Gasteiger partial charge is 0.147 e. The van der Waals surface area contributed by atoms with Gasteiger partial charge in [0.15, 0.2) is 0 Å². The molecule has 0 amide bonds. The number of nitrogens with two attached hydrogens (primary N) is 1. The summed E-state index contributed by atoms with van der Waals surface area (Å²) in [6.07, 6.45) is 4.63. The molecular formula is C13H20N4S. The maximum atomic E-state index is 5.51. The van der Waals surface area contributed by atoms with Gasteiger partial charge < -0.3 is 10.6 Å². The zero-order chi connectivity index (χ0) is 13.3. The molecule has 18 heavy (non-hydrogen) atoms. The molecule has 0 spiro atoms. The minimum Gasteiger partial charge on any atom is -0.388 e. The first-order valence-corrected chi connectivity index (χ1v) is 6.65. The quantitative estimate of drug-likeness (QED) is 0.828. The van der Waals surface area contributed by atoms with Crippen LogP contribution in [-0.2, 0) is 0 Å². The van der Waals surface area contributed by atoms with Gasteiger partial charge in [-0.2, -0.15) is 0 Å². The summed E-state index contributed by atoms with van der Waals surface area (Å²) >= 11 is 4.87. The van der Waals surface area contributed by atoms with E-state index in [0.717, 1.165) is 18.9 Å². The second-order valence-corrected chi connectivity index (χ2v) is 6.36. The first-order valence-electron chi connectivity index (χ1n) is 6.24.